The zero-order valence-electron chi connectivity index (χ0n) is 25.2. The number of likely N-dealkylation sites (N-methyl/N-ethyl adjacent to an activating group) is 1. The van der Waals surface area contributed by atoms with Crippen molar-refractivity contribution in [3.63, 3.8) is 0 Å². The van der Waals surface area contributed by atoms with Crippen LogP contribution in [-0.4, -0.2) is 51.4 Å². The second-order valence-electron chi connectivity index (χ2n) is 10.4. The second-order valence-corrected chi connectivity index (χ2v) is 13.1. The van der Waals surface area contributed by atoms with E-state index in [0.717, 1.165) is 15.4 Å². The molecule has 0 unspecified atom stereocenters. The van der Waals surface area contributed by atoms with E-state index in [-0.39, 0.29) is 39.5 Å². The molecule has 0 radical (unpaired) electrons. The van der Waals surface area contributed by atoms with Gasteiger partial charge in [0.1, 0.15) is 18.3 Å². The number of halogens is 2. The Balaban J connectivity index is 1.83. The van der Waals surface area contributed by atoms with Crippen molar-refractivity contribution in [1.82, 2.24) is 10.2 Å². The van der Waals surface area contributed by atoms with Crippen molar-refractivity contribution in [2.45, 2.75) is 37.8 Å². The molecule has 11 heteroatoms. The normalized spacial score (nSPS) is 11.8. The van der Waals surface area contributed by atoms with Crippen molar-refractivity contribution in [1.29, 1.82) is 0 Å². The van der Waals surface area contributed by atoms with Crippen LogP contribution in [0.3, 0.4) is 0 Å². The van der Waals surface area contributed by atoms with E-state index in [0.29, 0.717) is 17.9 Å². The Bertz CT molecular complexity index is 1730. The Kier molecular flexibility index (Phi) is 11.5. The number of nitrogens with zero attached hydrogens (tertiary/aromatic N) is 2. The quantitative estimate of drug-likeness (QED) is 0.181. The summed E-state index contributed by atoms with van der Waals surface area (Å²) in [4.78, 5) is 29.5. The van der Waals surface area contributed by atoms with Crippen LogP contribution in [0.5, 0.6) is 5.75 Å². The largest absolute Gasteiger partial charge is 0.497 e. The summed E-state index contributed by atoms with van der Waals surface area (Å²) in [5.74, 6) is -0.408. The average molecular weight is 669 g/mol. The van der Waals surface area contributed by atoms with Gasteiger partial charge in [-0.15, -0.1) is 0 Å². The molecule has 0 aliphatic rings. The SMILES string of the molecule is CCNC(=O)[C@@H](Cc1ccccc1)N(Cc1cccc(OC)c1)C(=O)CN(c1cc(Cl)ccc1Cl)S(=O)(=O)c1ccc(C)cc1. The van der Waals surface area contributed by atoms with Gasteiger partial charge in [-0.3, -0.25) is 13.9 Å². The van der Waals surface area contributed by atoms with Crippen molar-refractivity contribution in [3.8, 4) is 5.75 Å². The van der Waals surface area contributed by atoms with E-state index in [1.807, 2.05) is 43.3 Å². The number of hydrogen-bond acceptors (Lipinski definition) is 5. The number of rotatable bonds is 13. The molecular formula is C34H35Cl2N3O5S. The van der Waals surface area contributed by atoms with Gasteiger partial charge in [0.2, 0.25) is 11.8 Å². The van der Waals surface area contributed by atoms with Crippen LogP contribution in [0.2, 0.25) is 10.0 Å². The Hall–Kier alpha value is -4.05. The zero-order valence-corrected chi connectivity index (χ0v) is 27.6. The maximum absolute atomic E-state index is 14.5. The molecule has 0 spiro atoms. The number of ether oxygens (including phenoxy) is 1. The van der Waals surface area contributed by atoms with Gasteiger partial charge in [0.25, 0.3) is 10.0 Å². The van der Waals surface area contributed by atoms with Crippen LogP contribution < -0.4 is 14.4 Å². The fourth-order valence-corrected chi connectivity index (χ4v) is 6.70. The van der Waals surface area contributed by atoms with Crippen LogP contribution in [0.4, 0.5) is 5.69 Å². The van der Waals surface area contributed by atoms with Crippen molar-refractivity contribution < 1.29 is 22.7 Å². The van der Waals surface area contributed by atoms with Crippen molar-refractivity contribution in [2.24, 2.45) is 0 Å². The topological polar surface area (TPSA) is 96.0 Å². The van der Waals surface area contributed by atoms with Gasteiger partial charge in [0, 0.05) is 24.5 Å². The van der Waals surface area contributed by atoms with Crippen molar-refractivity contribution in [3.05, 3.63) is 124 Å². The van der Waals surface area contributed by atoms with Gasteiger partial charge in [-0.05, 0) is 67.4 Å². The summed E-state index contributed by atoms with van der Waals surface area (Å²) in [6.07, 6.45) is 0.199. The molecule has 4 aromatic rings. The molecule has 1 atom stereocenters. The number of carbonyl (C=O) groups is 2. The smallest absolute Gasteiger partial charge is 0.264 e. The van der Waals surface area contributed by atoms with Crippen LogP contribution in [0.1, 0.15) is 23.6 Å². The van der Waals surface area contributed by atoms with Gasteiger partial charge in [0.05, 0.1) is 22.7 Å². The molecule has 0 aromatic heterocycles. The number of anilines is 1. The summed E-state index contributed by atoms with van der Waals surface area (Å²) < 4.78 is 34.7. The number of nitrogens with one attached hydrogen (secondary N) is 1. The standard InChI is InChI=1S/C34H35Cl2N3O5S/c1-4-37-34(41)32(20-25-9-6-5-7-10-25)38(22-26-11-8-12-28(19-26)44-3)33(40)23-39(31-21-27(35)15-18-30(31)36)45(42,43)29-16-13-24(2)14-17-29/h5-19,21,32H,4,20,22-23H2,1-3H3,(H,37,41)/t32-/m1/s1. The first-order valence-corrected chi connectivity index (χ1v) is 16.5. The Morgan fingerprint density at radius 1 is 0.889 bits per heavy atom. The Morgan fingerprint density at radius 2 is 1.58 bits per heavy atom. The average Bonchev–Trinajstić information content (AvgIpc) is 3.03. The third-order valence-electron chi connectivity index (χ3n) is 7.17. The van der Waals surface area contributed by atoms with E-state index in [2.05, 4.69) is 5.32 Å². The number of amides is 2. The third-order valence-corrected chi connectivity index (χ3v) is 9.50. The lowest BCUT2D eigenvalue weighted by Crippen LogP contribution is -2.53. The molecule has 8 nitrogen and oxygen atoms in total. The summed E-state index contributed by atoms with van der Waals surface area (Å²) >= 11 is 12.8. The van der Waals surface area contributed by atoms with Gasteiger partial charge in [-0.2, -0.15) is 0 Å². The van der Waals surface area contributed by atoms with Gasteiger partial charge in [-0.25, -0.2) is 8.42 Å². The molecule has 0 heterocycles. The van der Waals surface area contributed by atoms with Crippen LogP contribution in [0, 0.1) is 6.92 Å². The number of benzene rings is 4. The molecule has 4 rings (SSSR count). The van der Waals surface area contributed by atoms with E-state index in [1.54, 1.807) is 37.3 Å². The third kappa shape index (κ3) is 8.57. The number of sulfonamides is 1. The van der Waals surface area contributed by atoms with E-state index in [9.17, 15) is 18.0 Å². The number of hydrogen-bond donors (Lipinski definition) is 1. The minimum atomic E-state index is -4.32. The van der Waals surface area contributed by atoms with E-state index in [1.165, 1.54) is 42.3 Å². The minimum Gasteiger partial charge on any atom is -0.497 e. The van der Waals surface area contributed by atoms with Crippen LogP contribution in [0.15, 0.2) is 102 Å². The van der Waals surface area contributed by atoms with Gasteiger partial charge in [0.15, 0.2) is 0 Å². The summed E-state index contributed by atoms with van der Waals surface area (Å²) in [7, 11) is -2.78. The molecule has 0 aliphatic heterocycles. The van der Waals surface area contributed by atoms with E-state index >= 15 is 0 Å². The predicted molar refractivity (Wildman–Crippen MR) is 178 cm³/mol. The number of methoxy groups -OCH3 is 1. The molecule has 2 amide bonds. The molecule has 0 aliphatic carbocycles. The fourth-order valence-electron chi connectivity index (χ4n) is 4.84. The fraction of sp³-hybridized carbons (Fsp3) is 0.235. The Labute approximate surface area is 274 Å². The van der Waals surface area contributed by atoms with Crippen molar-refractivity contribution >= 4 is 50.7 Å². The monoisotopic (exact) mass is 667 g/mol. The maximum Gasteiger partial charge on any atom is 0.264 e. The first kappa shape index (κ1) is 33.8. The summed E-state index contributed by atoms with van der Waals surface area (Å²) in [5.41, 5.74) is 2.43. The lowest BCUT2D eigenvalue weighted by molar-refractivity contribution is -0.140. The Morgan fingerprint density at radius 3 is 2.24 bits per heavy atom. The molecular weight excluding hydrogens is 633 g/mol. The maximum atomic E-state index is 14.5. The van der Waals surface area contributed by atoms with Gasteiger partial charge in [-0.1, -0.05) is 83.4 Å². The van der Waals surface area contributed by atoms with Gasteiger partial charge >= 0.3 is 0 Å². The molecule has 0 bridgehead atoms. The molecule has 0 fully saturated rings. The number of carbonyl (C=O) groups excluding carboxylic acids is 2. The molecule has 0 saturated heterocycles. The van der Waals surface area contributed by atoms with E-state index in [4.69, 9.17) is 27.9 Å². The van der Waals surface area contributed by atoms with Gasteiger partial charge < -0.3 is 15.0 Å². The van der Waals surface area contributed by atoms with Crippen molar-refractivity contribution in [2.75, 3.05) is 24.5 Å². The highest BCUT2D eigenvalue weighted by molar-refractivity contribution is 7.92. The predicted octanol–water partition coefficient (Wildman–Crippen LogP) is 6.28. The highest BCUT2D eigenvalue weighted by atomic mass is 35.5. The summed E-state index contributed by atoms with van der Waals surface area (Å²) in [5, 5.41) is 3.17. The zero-order chi connectivity index (χ0) is 32.6. The highest BCUT2D eigenvalue weighted by Crippen LogP contribution is 2.33. The van der Waals surface area contributed by atoms with Crippen LogP contribution in [0.25, 0.3) is 0 Å². The van der Waals surface area contributed by atoms with E-state index < -0.39 is 28.5 Å². The first-order chi connectivity index (χ1) is 21.5. The number of aryl methyl sites for hydroxylation is 1. The summed E-state index contributed by atoms with van der Waals surface area (Å²) in [6.45, 7) is 3.34. The van der Waals surface area contributed by atoms with Crippen LogP contribution >= 0.6 is 23.2 Å². The second kappa shape index (κ2) is 15.3. The molecule has 45 heavy (non-hydrogen) atoms. The molecule has 236 valence electrons. The highest BCUT2D eigenvalue weighted by Gasteiger charge is 2.35. The molecule has 4 aromatic carbocycles. The lowest BCUT2D eigenvalue weighted by Gasteiger charge is -2.34. The summed E-state index contributed by atoms with van der Waals surface area (Å²) in [6, 6.07) is 26.2. The molecule has 0 saturated carbocycles. The van der Waals surface area contributed by atoms with Crippen LogP contribution in [-0.2, 0) is 32.6 Å². The minimum absolute atomic E-state index is 0.00631. The molecule has 1 N–H and O–H groups in total. The first-order valence-electron chi connectivity index (χ1n) is 14.3. The lowest BCUT2D eigenvalue weighted by atomic mass is 10.0.